The predicted octanol–water partition coefficient (Wildman–Crippen LogP) is 1.31. The Morgan fingerprint density at radius 3 is 2.46 bits per heavy atom. The molecule has 0 rings (SSSR count). The summed E-state index contributed by atoms with van der Waals surface area (Å²) in [5.41, 5.74) is -0.692. The van der Waals surface area contributed by atoms with Crippen LogP contribution in [0.15, 0.2) is 0 Å². The molecule has 3 nitrogen and oxygen atoms in total. The minimum atomic E-state index is -0.692. The van der Waals surface area contributed by atoms with Crippen LogP contribution in [0.25, 0.3) is 0 Å². The average Bonchev–Trinajstić information content (AvgIpc) is 2.00. The van der Waals surface area contributed by atoms with Crippen molar-refractivity contribution in [3.63, 3.8) is 0 Å². The molecular formula is C10H21NO2. The molecule has 0 aliphatic rings. The van der Waals surface area contributed by atoms with E-state index in [4.69, 9.17) is 0 Å². The molecule has 0 fully saturated rings. The molecule has 0 aromatic heterocycles. The SMILES string of the molecule is CCC(C)C(=O)NCCC(C)(C)O. The van der Waals surface area contributed by atoms with Gasteiger partial charge in [0, 0.05) is 12.5 Å². The summed E-state index contributed by atoms with van der Waals surface area (Å²) >= 11 is 0. The number of carbonyl (C=O) groups excluding carboxylic acids is 1. The van der Waals surface area contributed by atoms with E-state index in [9.17, 15) is 9.90 Å². The number of nitrogens with one attached hydrogen (secondary N) is 1. The Balaban J connectivity index is 3.60. The molecule has 1 amide bonds. The van der Waals surface area contributed by atoms with Gasteiger partial charge in [-0.2, -0.15) is 0 Å². The van der Waals surface area contributed by atoms with Crippen molar-refractivity contribution in [1.29, 1.82) is 0 Å². The highest BCUT2D eigenvalue weighted by Gasteiger charge is 2.14. The first-order chi connectivity index (χ1) is 5.87. The third-order valence-corrected chi connectivity index (χ3v) is 2.10. The molecule has 0 saturated carbocycles. The fourth-order valence-corrected chi connectivity index (χ4v) is 0.851. The average molecular weight is 187 g/mol. The summed E-state index contributed by atoms with van der Waals surface area (Å²) in [6.07, 6.45) is 1.45. The van der Waals surface area contributed by atoms with Crippen molar-refractivity contribution in [2.75, 3.05) is 6.54 Å². The lowest BCUT2D eigenvalue weighted by Gasteiger charge is -2.17. The number of rotatable bonds is 5. The molecule has 0 bridgehead atoms. The van der Waals surface area contributed by atoms with Gasteiger partial charge in [0.15, 0.2) is 0 Å². The lowest BCUT2D eigenvalue weighted by Crippen LogP contribution is -2.33. The van der Waals surface area contributed by atoms with Crippen molar-refractivity contribution in [3.05, 3.63) is 0 Å². The van der Waals surface area contributed by atoms with Crippen LogP contribution in [0, 0.1) is 5.92 Å². The summed E-state index contributed by atoms with van der Waals surface area (Å²) in [7, 11) is 0. The van der Waals surface area contributed by atoms with Gasteiger partial charge < -0.3 is 10.4 Å². The standard InChI is InChI=1S/C10H21NO2/c1-5-8(2)9(12)11-7-6-10(3,4)13/h8,13H,5-7H2,1-4H3,(H,11,12). The molecule has 0 radical (unpaired) electrons. The number of carbonyl (C=O) groups is 1. The number of hydrogen-bond donors (Lipinski definition) is 2. The topological polar surface area (TPSA) is 49.3 Å². The fourth-order valence-electron chi connectivity index (χ4n) is 0.851. The molecule has 0 heterocycles. The van der Waals surface area contributed by atoms with E-state index in [1.54, 1.807) is 13.8 Å². The maximum atomic E-state index is 11.3. The first-order valence-electron chi connectivity index (χ1n) is 4.87. The normalized spacial score (nSPS) is 13.9. The van der Waals surface area contributed by atoms with Gasteiger partial charge in [0.2, 0.25) is 5.91 Å². The van der Waals surface area contributed by atoms with Crippen LogP contribution in [0.1, 0.15) is 40.5 Å². The maximum absolute atomic E-state index is 11.3. The molecule has 0 saturated heterocycles. The third kappa shape index (κ3) is 6.58. The van der Waals surface area contributed by atoms with Crippen LogP contribution < -0.4 is 5.32 Å². The lowest BCUT2D eigenvalue weighted by atomic mass is 10.1. The molecule has 3 heteroatoms. The molecular weight excluding hydrogens is 166 g/mol. The van der Waals surface area contributed by atoms with Crippen LogP contribution in [0.5, 0.6) is 0 Å². The lowest BCUT2D eigenvalue weighted by molar-refractivity contribution is -0.124. The van der Waals surface area contributed by atoms with Crippen molar-refractivity contribution < 1.29 is 9.90 Å². The minimum absolute atomic E-state index is 0.0711. The molecule has 13 heavy (non-hydrogen) atoms. The fraction of sp³-hybridized carbons (Fsp3) is 0.900. The van der Waals surface area contributed by atoms with E-state index in [0.717, 1.165) is 6.42 Å². The van der Waals surface area contributed by atoms with Crippen LogP contribution in [0.4, 0.5) is 0 Å². The summed E-state index contributed by atoms with van der Waals surface area (Å²) in [5.74, 6) is 0.147. The highest BCUT2D eigenvalue weighted by molar-refractivity contribution is 5.78. The van der Waals surface area contributed by atoms with Gasteiger partial charge in [-0.25, -0.2) is 0 Å². The van der Waals surface area contributed by atoms with E-state index < -0.39 is 5.60 Å². The Morgan fingerprint density at radius 1 is 1.54 bits per heavy atom. The quantitative estimate of drug-likeness (QED) is 0.681. The second-order valence-electron chi connectivity index (χ2n) is 4.16. The van der Waals surface area contributed by atoms with Crippen molar-refractivity contribution in [2.24, 2.45) is 5.92 Å². The van der Waals surface area contributed by atoms with Crippen LogP contribution in [-0.4, -0.2) is 23.2 Å². The van der Waals surface area contributed by atoms with Crippen LogP contribution in [0.2, 0.25) is 0 Å². The zero-order chi connectivity index (χ0) is 10.5. The van der Waals surface area contributed by atoms with Gasteiger partial charge in [-0.1, -0.05) is 13.8 Å². The second kappa shape index (κ2) is 5.22. The number of hydrogen-bond acceptors (Lipinski definition) is 2. The number of aliphatic hydroxyl groups is 1. The third-order valence-electron chi connectivity index (χ3n) is 2.10. The molecule has 78 valence electrons. The smallest absolute Gasteiger partial charge is 0.222 e. The summed E-state index contributed by atoms with van der Waals surface area (Å²) < 4.78 is 0. The first-order valence-corrected chi connectivity index (χ1v) is 4.87. The van der Waals surface area contributed by atoms with Crippen LogP contribution in [-0.2, 0) is 4.79 Å². The van der Waals surface area contributed by atoms with Gasteiger partial charge in [-0.15, -0.1) is 0 Å². The maximum Gasteiger partial charge on any atom is 0.222 e. The Hall–Kier alpha value is -0.570. The van der Waals surface area contributed by atoms with Crippen molar-refractivity contribution in [1.82, 2.24) is 5.32 Å². The summed E-state index contributed by atoms with van der Waals surface area (Å²) in [5, 5.41) is 12.2. The summed E-state index contributed by atoms with van der Waals surface area (Å²) in [4.78, 5) is 11.3. The van der Waals surface area contributed by atoms with E-state index in [1.165, 1.54) is 0 Å². The monoisotopic (exact) mass is 187 g/mol. The van der Waals surface area contributed by atoms with Crippen LogP contribution in [0.3, 0.4) is 0 Å². The van der Waals surface area contributed by atoms with Gasteiger partial charge in [-0.05, 0) is 26.7 Å². The molecule has 0 aromatic rings. The second-order valence-corrected chi connectivity index (χ2v) is 4.16. The van der Waals surface area contributed by atoms with Gasteiger partial charge in [0.1, 0.15) is 0 Å². The van der Waals surface area contributed by atoms with E-state index in [0.29, 0.717) is 13.0 Å². The van der Waals surface area contributed by atoms with Gasteiger partial charge in [0.05, 0.1) is 5.60 Å². The first kappa shape index (κ1) is 12.4. The van der Waals surface area contributed by atoms with E-state index in [-0.39, 0.29) is 11.8 Å². The molecule has 0 aromatic carbocycles. The zero-order valence-electron chi connectivity index (χ0n) is 9.05. The predicted molar refractivity (Wildman–Crippen MR) is 53.4 cm³/mol. The Morgan fingerprint density at radius 2 is 2.08 bits per heavy atom. The van der Waals surface area contributed by atoms with E-state index in [1.807, 2.05) is 13.8 Å². The highest BCUT2D eigenvalue weighted by Crippen LogP contribution is 2.06. The van der Waals surface area contributed by atoms with Crippen LogP contribution >= 0.6 is 0 Å². The van der Waals surface area contributed by atoms with Crippen molar-refractivity contribution >= 4 is 5.91 Å². The molecule has 1 unspecified atom stereocenters. The summed E-state index contributed by atoms with van der Waals surface area (Å²) in [6, 6.07) is 0. The Bertz CT molecular complexity index is 161. The minimum Gasteiger partial charge on any atom is -0.390 e. The van der Waals surface area contributed by atoms with Gasteiger partial charge >= 0.3 is 0 Å². The molecule has 0 spiro atoms. The number of amides is 1. The Labute approximate surface area is 80.5 Å². The molecule has 1 atom stereocenters. The van der Waals surface area contributed by atoms with Gasteiger partial charge in [0.25, 0.3) is 0 Å². The molecule has 2 N–H and O–H groups in total. The van der Waals surface area contributed by atoms with Gasteiger partial charge in [-0.3, -0.25) is 4.79 Å². The molecule has 0 aliphatic carbocycles. The highest BCUT2D eigenvalue weighted by atomic mass is 16.3. The van der Waals surface area contributed by atoms with Crippen molar-refractivity contribution in [3.8, 4) is 0 Å². The Kier molecular flexibility index (Phi) is 4.99. The largest absolute Gasteiger partial charge is 0.390 e. The van der Waals surface area contributed by atoms with E-state index >= 15 is 0 Å². The molecule has 0 aliphatic heterocycles. The van der Waals surface area contributed by atoms with E-state index in [2.05, 4.69) is 5.32 Å². The zero-order valence-corrected chi connectivity index (χ0v) is 9.05. The summed E-state index contributed by atoms with van der Waals surface area (Å²) in [6.45, 7) is 7.91. The van der Waals surface area contributed by atoms with Crippen molar-refractivity contribution in [2.45, 2.75) is 46.1 Å².